The zero-order valence-corrected chi connectivity index (χ0v) is 8.07. The number of ether oxygens (including phenoxy) is 1. The van der Waals surface area contributed by atoms with Crippen molar-refractivity contribution in [2.45, 2.75) is 19.4 Å². The number of rotatable bonds is 4. The minimum Gasteiger partial charge on any atom is -0.481 e. The van der Waals surface area contributed by atoms with Crippen LogP contribution in [0.1, 0.15) is 13.3 Å². The van der Waals surface area contributed by atoms with E-state index in [9.17, 15) is 4.79 Å². The first kappa shape index (κ1) is 10.4. The summed E-state index contributed by atoms with van der Waals surface area (Å²) >= 11 is 0. The maximum Gasteiger partial charge on any atom is 0.258 e. The Morgan fingerprint density at radius 1 is 1.43 bits per heavy atom. The molecule has 4 nitrogen and oxygen atoms in total. The van der Waals surface area contributed by atoms with Crippen molar-refractivity contribution in [3.8, 4) is 5.75 Å². The molecule has 0 saturated heterocycles. The summed E-state index contributed by atoms with van der Waals surface area (Å²) in [5, 5.41) is 0. The standard InChI is InChI=1S/C10H14N2O2/c1-2-9(10(12)13)14-8-5-3-7(11)4-6-8/h3-6,9H,2,11H2,1H3,(H2,12,13). The molecule has 0 aliphatic carbocycles. The molecule has 14 heavy (non-hydrogen) atoms. The molecule has 0 fully saturated rings. The summed E-state index contributed by atoms with van der Waals surface area (Å²) in [7, 11) is 0. The second-order valence-electron chi connectivity index (χ2n) is 2.99. The molecule has 0 aliphatic heterocycles. The normalized spacial score (nSPS) is 12.1. The Hall–Kier alpha value is -1.71. The molecule has 0 radical (unpaired) electrons. The monoisotopic (exact) mass is 194 g/mol. The summed E-state index contributed by atoms with van der Waals surface area (Å²) in [5.41, 5.74) is 11.3. The molecule has 0 aliphatic rings. The van der Waals surface area contributed by atoms with Gasteiger partial charge in [0, 0.05) is 5.69 Å². The molecular formula is C10H14N2O2. The number of carbonyl (C=O) groups is 1. The lowest BCUT2D eigenvalue weighted by Gasteiger charge is -2.13. The van der Waals surface area contributed by atoms with Gasteiger partial charge in [-0.3, -0.25) is 4.79 Å². The first-order valence-corrected chi connectivity index (χ1v) is 4.45. The van der Waals surface area contributed by atoms with Crippen LogP contribution in [0, 0.1) is 0 Å². The molecule has 0 saturated carbocycles. The van der Waals surface area contributed by atoms with Crippen molar-refractivity contribution in [2.75, 3.05) is 5.73 Å². The largest absolute Gasteiger partial charge is 0.481 e. The van der Waals surface area contributed by atoms with E-state index in [0.717, 1.165) is 0 Å². The zero-order chi connectivity index (χ0) is 10.6. The van der Waals surface area contributed by atoms with Gasteiger partial charge in [-0.2, -0.15) is 0 Å². The van der Waals surface area contributed by atoms with Gasteiger partial charge in [0.2, 0.25) is 0 Å². The Morgan fingerprint density at radius 2 is 2.00 bits per heavy atom. The van der Waals surface area contributed by atoms with Gasteiger partial charge in [-0.05, 0) is 30.7 Å². The molecule has 0 aromatic heterocycles. The Balaban J connectivity index is 2.67. The number of anilines is 1. The SMILES string of the molecule is CCC(Oc1ccc(N)cc1)C(N)=O. The van der Waals surface area contributed by atoms with Crippen molar-refractivity contribution in [2.24, 2.45) is 5.73 Å². The van der Waals surface area contributed by atoms with E-state index < -0.39 is 12.0 Å². The lowest BCUT2D eigenvalue weighted by molar-refractivity contribution is -0.124. The van der Waals surface area contributed by atoms with Crippen molar-refractivity contribution in [1.29, 1.82) is 0 Å². The van der Waals surface area contributed by atoms with E-state index in [-0.39, 0.29) is 0 Å². The summed E-state index contributed by atoms with van der Waals surface area (Å²) in [4.78, 5) is 10.9. The van der Waals surface area contributed by atoms with Crippen molar-refractivity contribution < 1.29 is 9.53 Å². The van der Waals surface area contributed by atoms with Crippen LogP contribution in [0.5, 0.6) is 5.75 Å². The van der Waals surface area contributed by atoms with Gasteiger partial charge in [-0.1, -0.05) is 6.92 Å². The molecule has 0 spiro atoms. The van der Waals surface area contributed by atoms with Gasteiger partial charge in [0.1, 0.15) is 5.75 Å². The third-order valence-electron chi connectivity index (χ3n) is 1.85. The molecule has 1 amide bonds. The fraction of sp³-hybridized carbons (Fsp3) is 0.300. The number of nitrogen functional groups attached to an aromatic ring is 1. The smallest absolute Gasteiger partial charge is 0.258 e. The summed E-state index contributed by atoms with van der Waals surface area (Å²) in [5.74, 6) is 0.147. The second kappa shape index (κ2) is 4.50. The van der Waals surface area contributed by atoms with Crippen molar-refractivity contribution >= 4 is 11.6 Å². The van der Waals surface area contributed by atoms with Crippen LogP contribution in [0.3, 0.4) is 0 Å². The highest BCUT2D eigenvalue weighted by Gasteiger charge is 2.13. The first-order chi connectivity index (χ1) is 6.63. The van der Waals surface area contributed by atoms with Gasteiger partial charge >= 0.3 is 0 Å². The van der Waals surface area contributed by atoms with E-state index >= 15 is 0 Å². The Labute approximate surface area is 82.8 Å². The van der Waals surface area contributed by atoms with Crippen molar-refractivity contribution in [3.63, 3.8) is 0 Å². The number of hydrogen-bond acceptors (Lipinski definition) is 3. The summed E-state index contributed by atoms with van der Waals surface area (Å²) in [6.07, 6.45) is -0.0155. The van der Waals surface area contributed by atoms with Crippen molar-refractivity contribution in [1.82, 2.24) is 0 Å². The van der Waals surface area contributed by atoms with Gasteiger partial charge in [-0.25, -0.2) is 0 Å². The fourth-order valence-electron chi connectivity index (χ4n) is 1.05. The molecule has 0 bridgehead atoms. The number of carbonyl (C=O) groups excluding carboxylic acids is 1. The number of hydrogen-bond donors (Lipinski definition) is 2. The van der Waals surface area contributed by atoms with E-state index in [1.54, 1.807) is 24.3 Å². The first-order valence-electron chi connectivity index (χ1n) is 4.45. The minimum atomic E-state index is -0.571. The number of primary amides is 1. The number of benzene rings is 1. The molecule has 1 aromatic rings. The van der Waals surface area contributed by atoms with Crippen LogP contribution in [-0.4, -0.2) is 12.0 Å². The Morgan fingerprint density at radius 3 is 2.43 bits per heavy atom. The van der Waals surface area contributed by atoms with E-state index in [4.69, 9.17) is 16.2 Å². The Kier molecular flexibility index (Phi) is 3.34. The third kappa shape index (κ3) is 2.65. The van der Waals surface area contributed by atoms with Gasteiger partial charge in [0.15, 0.2) is 6.10 Å². The molecule has 1 aromatic carbocycles. The molecule has 4 heteroatoms. The van der Waals surface area contributed by atoms with E-state index in [1.807, 2.05) is 6.92 Å². The van der Waals surface area contributed by atoms with E-state index in [2.05, 4.69) is 0 Å². The van der Waals surface area contributed by atoms with Crippen LogP contribution in [0.25, 0.3) is 0 Å². The van der Waals surface area contributed by atoms with Gasteiger partial charge in [-0.15, -0.1) is 0 Å². The van der Waals surface area contributed by atoms with Crippen LogP contribution in [0.4, 0.5) is 5.69 Å². The lowest BCUT2D eigenvalue weighted by atomic mass is 10.2. The highest BCUT2D eigenvalue weighted by molar-refractivity contribution is 5.79. The molecule has 76 valence electrons. The molecule has 1 unspecified atom stereocenters. The maximum absolute atomic E-state index is 10.9. The van der Waals surface area contributed by atoms with Crippen LogP contribution in [0.2, 0.25) is 0 Å². The minimum absolute atomic E-state index is 0.454. The molecule has 4 N–H and O–H groups in total. The molecule has 0 heterocycles. The third-order valence-corrected chi connectivity index (χ3v) is 1.85. The average molecular weight is 194 g/mol. The highest BCUT2D eigenvalue weighted by Crippen LogP contribution is 2.15. The zero-order valence-electron chi connectivity index (χ0n) is 8.07. The quantitative estimate of drug-likeness (QED) is 0.699. The van der Waals surface area contributed by atoms with Gasteiger partial charge in [0.05, 0.1) is 0 Å². The molecule has 1 atom stereocenters. The van der Waals surface area contributed by atoms with Crippen LogP contribution >= 0.6 is 0 Å². The predicted molar refractivity (Wildman–Crippen MR) is 54.8 cm³/mol. The van der Waals surface area contributed by atoms with Gasteiger partial charge < -0.3 is 16.2 Å². The maximum atomic E-state index is 10.9. The topological polar surface area (TPSA) is 78.3 Å². The van der Waals surface area contributed by atoms with E-state index in [1.165, 1.54) is 0 Å². The summed E-state index contributed by atoms with van der Waals surface area (Å²) < 4.78 is 5.35. The van der Waals surface area contributed by atoms with Crippen LogP contribution in [0.15, 0.2) is 24.3 Å². The fourth-order valence-corrected chi connectivity index (χ4v) is 1.05. The Bertz CT molecular complexity index is 308. The number of nitrogens with two attached hydrogens (primary N) is 2. The second-order valence-corrected chi connectivity index (χ2v) is 2.99. The molecule has 1 rings (SSSR count). The van der Waals surface area contributed by atoms with Crippen LogP contribution in [-0.2, 0) is 4.79 Å². The highest BCUT2D eigenvalue weighted by atomic mass is 16.5. The lowest BCUT2D eigenvalue weighted by Crippen LogP contribution is -2.32. The van der Waals surface area contributed by atoms with Gasteiger partial charge in [0.25, 0.3) is 5.91 Å². The molecular weight excluding hydrogens is 180 g/mol. The summed E-state index contributed by atoms with van der Waals surface area (Å²) in [6, 6.07) is 6.84. The average Bonchev–Trinajstić information content (AvgIpc) is 2.16. The summed E-state index contributed by atoms with van der Waals surface area (Å²) in [6.45, 7) is 1.84. The predicted octanol–water partition coefficient (Wildman–Crippen LogP) is 0.911. The van der Waals surface area contributed by atoms with Crippen molar-refractivity contribution in [3.05, 3.63) is 24.3 Å². The van der Waals surface area contributed by atoms with E-state index in [0.29, 0.717) is 17.9 Å². The number of amides is 1. The van der Waals surface area contributed by atoms with Crippen LogP contribution < -0.4 is 16.2 Å².